The van der Waals surface area contributed by atoms with E-state index in [1.807, 2.05) is 19.0 Å². The third kappa shape index (κ3) is 4.70. The van der Waals surface area contributed by atoms with E-state index in [0.717, 1.165) is 0 Å². The molecule has 2 N–H and O–H groups in total. The van der Waals surface area contributed by atoms with Crippen molar-refractivity contribution >= 4 is 40.7 Å². The minimum Gasteiger partial charge on any atom is -0.508 e. The first-order chi connectivity index (χ1) is 15.1. The van der Waals surface area contributed by atoms with Crippen LogP contribution in [0.15, 0.2) is 42.0 Å². The molecule has 1 fully saturated rings. The predicted molar refractivity (Wildman–Crippen MR) is 123 cm³/mol. The molecule has 170 valence electrons. The van der Waals surface area contributed by atoms with E-state index in [1.54, 1.807) is 12.1 Å². The Morgan fingerprint density at radius 3 is 2.53 bits per heavy atom. The highest BCUT2D eigenvalue weighted by Gasteiger charge is 2.46. The van der Waals surface area contributed by atoms with Crippen molar-refractivity contribution in [2.24, 2.45) is 0 Å². The number of phenols is 1. The number of ether oxygens (including phenoxy) is 1. The Morgan fingerprint density at radius 1 is 1.19 bits per heavy atom. The molecule has 3 rings (SSSR count). The monoisotopic (exact) mass is 478 g/mol. The van der Waals surface area contributed by atoms with Gasteiger partial charge in [0.05, 0.1) is 29.3 Å². The number of hydrogen-bond acceptors (Lipinski definition) is 6. The number of phenolic OH excluding ortho intramolecular Hbond substituents is 1. The summed E-state index contributed by atoms with van der Waals surface area (Å²) in [5, 5.41) is 21.6. The molecule has 2 aromatic rings. The number of nitrogens with zero attached hydrogens (tertiary/aromatic N) is 2. The molecule has 1 atom stereocenters. The lowest BCUT2D eigenvalue weighted by Crippen LogP contribution is -2.32. The van der Waals surface area contributed by atoms with E-state index >= 15 is 0 Å². The first-order valence-electron chi connectivity index (χ1n) is 9.91. The molecule has 0 bridgehead atoms. The Balaban J connectivity index is 2.20. The van der Waals surface area contributed by atoms with Gasteiger partial charge in [0.15, 0.2) is 0 Å². The van der Waals surface area contributed by atoms with Gasteiger partial charge in [0.1, 0.15) is 17.3 Å². The summed E-state index contributed by atoms with van der Waals surface area (Å²) in [6.45, 7) is 0.987. The van der Waals surface area contributed by atoms with Crippen LogP contribution in [0, 0.1) is 0 Å². The predicted octanol–water partition coefficient (Wildman–Crippen LogP) is 4.08. The quantitative estimate of drug-likeness (QED) is 0.354. The number of methoxy groups -OCH3 is 1. The number of benzene rings is 2. The van der Waals surface area contributed by atoms with Gasteiger partial charge in [0.2, 0.25) is 0 Å². The van der Waals surface area contributed by atoms with E-state index in [1.165, 1.54) is 36.3 Å². The molecule has 7 nitrogen and oxygen atoms in total. The Kier molecular flexibility index (Phi) is 7.33. The number of likely N-dealkylation sites (tertiary alicyclic amines) is 1. The van der Waals surface area contributed by atoms with Crippen molar-refractivity contribution < 1.29 is 24.5 Å². The molecule has 0 radical (unpaired) electrons. The van der Waals surface area contributed by atoms with Gasteiger partial charge in [-0.1, -0.05) is 35.3 Å². The second-order valence-corrected chi connectivity index (χ2v) is 8.56. The zero-order valence-electron chi connectivity index (χ0n) is 17.9. The van der Waals surface area contributed by atoms with E-state index in [-0.39, 0.29) is 39.2 Å². The number of Topliss-reactive ketones (excluding diaryl/α,β-unsaturated/α-hetero) is 1. The minimum absolute atomic E-state index is 0.0234. The summed E-state index contributed by atoms with van der Waals surface area (Å²) >= 11 is 12.3. The molecular weight excluding hydrogens is 455 g/mol. The molecule has 1 aliphatic rings. The topological polar surface area (TPSA) is 90.3 Å². The number of aromatic hydroxyl groups is 1. The fourth-order valence-corrected chi connectivity index (χ4v) is 4.37. The SMILES string of the molecule is COc1c(Cl)cc(Cl)cc1/C(O)=C1\C(=O)C(=O)N(CCCN(C)C)C1c1cccc(O)c1. The maximum Gasteiger partial charge on any atom is 0.295 e. The first-order valence-corrected chi connectivity index (χ1v) is 10.7. The summed E-state index contributed by atoms with van der Waals surface area (Å²) in [5.41, 5.74) is 0.464. The van der Waals surface area contributed by atoms with Crippen LogP contribution in [0.5, 0.6) is 11.5 Å². The minimum atomic E-state index is -0.897. The molecular formula is C23H24Cl2N2O5. The van der Waals surface area contributed by atoms with Gasteiger partial charge in [-0.2, -0.15) is 0 Å². The molecule has 32 heavy (non-hydrogen) atoms. The maximum absolute atomic E-state index is 13.1. The number of ketones is 1. The van der Waals surface area contributed by atoms with Gasteiger partial charge in [-0.15, -0.1) is 0 Å². The Morgan fingerprint density at radius 2 is 1.91 bits per heavy atom. The van der Waals surface area contributed by atoms with Crippen LogP contribution in [0.2, 0.25) is 10.0 Å². The lowest BCUT2D eigenvalue weighted by molar-refractivity contribution is -0.139. The highest BCUT2D eigenvalue weighted by molar-refractivity contribution is 6.46. The number of amides is 1. The maximum atomic E-state index is 13.1. The Bertz CT molecular complexity index is 1080. The van der Waals surface area contributed by atoms with Gasteiger partial charge < -0.3 is 24.7 Å². The van der Waals surface area contributed by atoms with Crippen molar-refractivity contribution in [1.29, 1.82) is 0 Å². The van der Waals surface area contributed by atoms with Crippen LogP contribution < -0.4 is 4.74 Å². The fraction of sp³-hybridized carbons (Fsp3) is 0.304. The van der Waals surface area contributed by atoms with E-state index in [4.69, 9.17) is 27.9 Å². The molecule has 1 saturated heterocycles. The van der Waals surface area contributed by atoms with Crippen LogP contribution in [0.4, 0.5) is 0 Å². The third-order valence-electron chi connectivity index (χ3n) is 5.20. The van der Waals surface area contributed by atoms with Crippen LogP contribution in [0.1, 0.15) is 23.6 Å². The number of hydrogen-bond donors (Lipinski definition) is 2. The summed E-state index contributed by atoms with van der Waals surface area (Å²) in [7, 11) is 5.20. The largest absolute Gasteiger partial charge is 0.508 e. The van der Waals surface area contributed by atoms with Crippen LogP contribution in [-0.2, 0) is 9.59 Å². The molecule has 1 unspecified atom stereocenters. The van der Waals surface area contributed by atoms with Crippen molar-refractivity contribution in [2.75, 3.05) is 34.3 Å². The lowest BCUT2D eigenvalue weighted by Gasteiger charge is -2.26. The van der Waals surface area contributed by atoms with Gasteiger partial charge in [0.25, 0.3) is 11.7 Å². The average Bonchev–Trinajstić information content (AvgIpc) is 2.97. The molecule has 0 saturated carbocycles. The van der Waals surface area contributed by atoms with Crippen LogP contribution in [0.25, 0.3) is 5.76 Å². The number of aliphatic hydroxyl groups excluding tert-OH is 1. The standard InChI is InChI=1S/C23H24Cl2N2O5/c1-26(2)8-5-9-27-19(13-6-4-7-15(28)10-13)18(21(30)23(27)31)20(29)16-11-14(24)12-17(25)22(16)32-3/h4,6-7,10-12,19,28-29H,5,8-9H2,1-3H3/b20-18+. The zero-order valence-corrected chi connectivity index (χ0v) is 19.4. The molecule has 2 aromatic carbocycles. The van der Waals surface area contributed by atoms with Gasteiger partial charge in [-0.05, 0) is 56.9 Å². The third-order valence-corrected chi connectivity index (χ3v) is 5.70. The highest BCUT2D eigenvalue weighted by Crippen LogP contribution is 2.43. The number of carbonyl (C=O) groups is 2. The van der Waals surface area contributed by atoms with Crippen LogP contribution >= 0.6 is 23.2 Å². The highest BCUT2D eigenvalue weighted by atomic mass is 35.5. The van der Waals surface area contributed by atoms with E-state index in [2.05, 4.69) is 0 Å². The van der Waals surface area contributed by atoms with Gasteiger partial charge in [-0.25, -0.2) is 0 Å². The summed E-state index contributed by atoms with van der Waals surface area (Å²) in [6.07, 6.45) is 0.613. The number of halogens is 2. The summed E-state index contributed by atoms with van der Waals surface area (Å²) in [4.78, 5) is 29.4. The number of aliphatic hydroxyl groups is 1. The van der Waals surface area contributed by atoms with Crippen molar-refractivity contribution in [1.82, 2.24) is 9.80 Å². The normalized spacial score (nSPS) is 17.9. The van der Waals surface area contributed by atoms with Gasteiger partial charge >= 0.3 is 0 Å². The molecule has 1 amide bonds. The molecule has 1 heterocycles. The number of rotatable bonds is 7. The van der Waals surface area contributed by atoms with Crippen molar-refractivity contribution in [3.05, 3.63) is 63.1 Å². The van der Waals surface area contributed by atoms with E-state index in [9.17, 15) is 19.8 Å². The van der Waals surface area contributed by atoms with Crippen molar-refractivity contribution in [3.63, 3.8) is 0 Å². The Hall–Kier alpha value is -2.74. The van der Waals surface area contributed by atoms with Crippen molar-refractivity contribution in [2.45, 2.75) is 12.5 Å². The lowest BCUT2D eigenvalue weighted by atomic mass is 9.94. The smallest absolute Gasteiger partial charge is 0.295 e. The van der Waals surface area contributed by atoms with Crippen molar-refractivity contribution in [3.8, 4) is 11.5 Å². The molecule has 1 aliphatic heterocycles. The molecule has 0 aliphatic carbocycles. The summed E-state index contributed by atoms with van der Waals surface area (Å²) < 4.78 is 5.31. The van der Waals surface area contributed by atoms with Crippen LogP contribution in [0.3, 0.4) is 0 Å². The van der Waals surface area contributed by atoms with Gasteiger partial charge in [-0.3, -0.25) is 9.59 Å². The first kappa shape index (κ1) is 23.9. The second kappa shape index (κ2) is 9.81. The van der Waals surface area contributed by atoms with Crippen LogP contribution in [-0.4, -0.2) is 66.0 Å². The molecule has 9 heteroatoms. The molecule has 0 aromatic heterocycles. The van der Waals surface area contributed by atoms with E-state index in [0.29, 0.717) is 18.5 Å². The fourth-order valence-electron chi connectivity index (χ4n) is 3.80. The number of carbonyl (C=O) groups excluding carboxylic acids is 2. The Labute approximate surface area is 196 Å². The zero-order chi connectivity index (χ0) is 23.6. The molecule has 0 spiro atoms. The average molecular weight is 479 g/mol. The summed E-state index contributed by atoms with van der Waals surface area (Å²) in [6, 6.07) is 8.22. The van der Waals surface area contributed by atoms with E-state index < -0.39 is 23.5 Å². The second-order valence-electron chi connectivity index (χ2n) is 7.71. The van der Waals surface area contributed by atoms with Gasteiger partial charge in [0, 0.05) is 11.6 Å². The summed E-state index contributed by atoms with van der Waals surface area (Å²) in [5.74, 6) is -1.91.